The Morgan fingerprint density at radius 2 is 1.85 bits per heavy atom. The Morgan fingerprint density at radius 3 is 2.40 bits per heavy atom. The molecule has 120 valence electrons. The second kappa shape index (κ2) is 9.72. The Hall–Kier alpha value is -0.160. The van der Waals surface area contributed by atoms with Gasteiger partial charge in [0.15, 0.2) is 0 Å². The number of hydrogen-bond acceptors (Lipinski definition) is 4. The first kappa shape index (κ1) is 17.9. The number of nitrogens with one attached hydrogen (secondary N) is 1. The molecular weight excluding hydrogens is 252 g/mol. The Kier molecular flexibility index (Phi) is 8.69. The van der Waals surface area contributed by atoms with E-state index in [0.29, 0.717) is 5.41 Å². The number of rotatable bonds is 13. The average Bonchev–Trinajstić information content (AvgIpc) is 3.27. The van der Waals surface area contributed by atoms with E-state index in [2.05, 4.69) is 24.1 Å². The van der Waals surface area contributed by atoms with Crippen LogP contribution >= 0.6 is 0 Å². The molecule has 0 spiro atoms. The van der Waals surface area contributed by atoms with Crippen molar-refractivity contribution in [1.29, 1.82) is 0 Å². The zero-order valence-corrected chi connectivity index (χ0v) is 13.9. The van der Waals surface area contributed by atoms with Crippen LogP contribution in [0.3, 0.4) is 0 Å². The highest BCUT2D eigenvalue weighted by Crippen LogP contribution is 2.25. The molecule has 4 nitrogen and oxygen atoms in total. The fourth-order valence-corrected chi connectivity index (χ4v) is 2.43. The highest BCUT2D eigenvalue weighted by atomic mass is 16.5. The van der Waals surface area contributed by atoms with Gasteiger partial charge in [-0.05, 0) is 31.1 Å². The maximum atomic E-state index is 5.25. The number of methoxy groups -OCH3 is 2. The van der Waals surface area contributed by atoms with Crippen LogP contribution in [0.25, 0.3) is 0 Å². The molecule has 0 aromatic carbocycles. The predicted molar refractivity (Wildman–Crippen MR) is 84.2 cm³/mol. The zero-order chi connectivity index (χ0) is 14.8. The standard InChI is InChI=1S/C16H34N2O2/c1-5-16(2,13-17-15-7-8-15)14-18(10-12-20-4)9-6-11-19-3/h15,17H,5-14H2,1-4H3. The fourth-order valence-electron chi connectivity index (χ4n) is 2.43. The average molecular weight is 286 g/mol. The predicted octanol–water partition coefficient (Wildman–Crippen LogP) is 2.14. The third kappa shape index (κ3) is 7.58. The van der Waals surface area contributed by atoms with Gasteiger partial charge >= 0.3 is 0 Å². The van der Waals surface area contributed by atoms with Crippen LogP contribution in [0, 0.1) is 5.41 Å². The Balaban J connectivity index is 2.39. The molecule has 1 aliphatic rings. The Labute approximate surface area is 125 Å². The molecule has 1 rings (SSSR count). The summed E-state index contributed by atoms with van der Waals surface area (Å²) in [6.07, 6.45) is 5.03. The van der Waals surface area contributed by atoms with Gasteiger partial charge < -0.3 is 19.7 Å². The van der Waals surface area contributed by atoms with Gasteiger partial charge in [0.1, 0.15) is 0 Å². The molecule has 0 aliphatic heterocycles. The monoisotopic (exact) mass is 286 g/mol. The lowest BCUT2D eigenvalue weighted by molar-refractivity contribution is 0.0977. The van der Waals surface area contributed by atoms with Crippen molar-refractivity contribution < 1.29 is 9.47 Å². The van der Waals surface area contributed by atoms with E-state index in [-0.39, 0.29) is 0 Å². The minimum absolute atomic E-state index is 0.351. The first-order chi connectivity index (χ1) is 9.63. The van der Waals surface area contributed by atoms with Gasteiger partial charge in [0.2, 0.25) is 0 Å². The van der Waals surface area contributed by atoms with E-state index >= 15 is 0 Å². The summed E-state index contributed by atoms with van der Waals surface area (Å²) in [7, 11) is 3.55. The molecule has 0 bridgehead atoms. The van der Waals surface area contributed by atoms with Crippen LogP contribution in [0.4, 0.5) is 0 Å². The molecule has 0 heterocycles. The minimum Gasteiger partial charge on any atom is -0.385 e. The van der Waals surface area contributed by atoms with Crippen LogP contribution in [0.15, 0.2) is 0 Å². The summed E-state index contributed by atoms with van der Waals surface area (Å²) >= 11 is 0. The molecule has 0 saturated heterocycles. The summed E-state index contributed by atoms with van der Waals surface area (Å²) in [4.78, 5) is 2.53. The molecule has 0 aromatic rings. The first-order valence-electron chi connectivity index (χ1n) is 8.07. The highest BCUT2D eigenvalue weighted by molar-refractivity contribution is 4.86. The Morgan fingerprint density at radius 1 is 1.15 bits per heavy atom. The summed E-state index contributed by atoms with van der Waals surface area (Å²) in [5, 5.41) is 3.69. The van der Waals surface area contributed by atoms with Crippen molar-refractivity contribution in [3.05, 3.63) is 0 Å². The molecular formula is C16H34N2O2. The summed E-state index contributed by atoms with van der Waals surface area (Å²) in [5.74, 6) is 0. The SMILES string of the molecule is CCC(C)(CNC1CC1)CN(CCCOC)CCOC. The second-order valence-corrected chi connectivity index (χ2v) is 6.43. The van der Waals surface area contributed by atoms with Gasteiger partial charge in [-0.3, -0.25) is 0 Å². The second-order valence-electron chi connectivity index (χ2n) is 6.43. The highest BCUT2D eigenvalue weighted by Gasteiger charge is 2.28. The van der Waals surface area contributed by atoms with Crippen molar-refractivity contribution in [2.75, 3.05) is 53.6 Å². The van der Waals surface area contributed by atoms with Crippen LogP contribution in [0.2, 0.25) is 0 Å². The molecule has 0 radical (unpaired) electrons. The lowest BCUT2D eigenvalue weighted by atomic mass is 9.86. The van der Waals surface area contributed by atoms with E-state index in [0.717, 1.165) is 51.9 Å². The van der Waals surface area contributed by atoms with Gasteiger partial charge in [-0.1, -0.05) is 13.8 Å². The van der Waals surface area contributed by atoms with Crippen LogP contribution in [0.1, 0.15) is 39.5 Å². The van der Waals surface area contributed by atoms with Gasteiger partial charge in [0.05, 0.1) is 6.61 Å². The zero-order valence-electron chi connectivity index (χ0n) is 13.9. The first-order valence-corrected chi connectivity index (χ1v) is 8.07. The van der Waals surface area contributed by atoms with E-state index in [1.807, 2.05) is 0 Å². The molecule has 20 heavy (non-hydrogen) atoms. The van der Waals surface area contributed by atoms with Crippen molar-refractivity contribution in [1.82, 2.24) is 10.2 Å². The van der Waals surface area contributed by atoms with E-state index in [9.17, 15) is 0 Å². The molecule has 4 heteroatoms. The van der Waals surface area contributed by atoms with Crippen molar-refractivity contribution in [2.45, 2.75) is 45.6 Å². The van der Waals surface area contributed by atoms with E-state index in [1.54, 1.807) is 14.2 Å². The molecule has 1 atom stereocenters. The number of nitrogens with zero attached hydrogens (tertiary/aromatic N) is 1. The van der Waals surface area contributed by atoms with Crippen LogP contribution < -0.4 is 5.32 Å². The van der Waals surface area contributed by atoms with Crippen molar-refractivity contribution in [2.24, 2.45) is 5.41 Å². The number of ether oxygens (including phenoxy) is 2. The summed E-state index contributed by atoms with van der Waals surface area (Å²) < 4.78 is 10.4. The summed E-state index contributed by atoms with van der Waals surface area (Å²) in [6.45, 7) is 10.7. The van der Waals surface area contributed by atoms with Gasteiger partial charge in [0.25, 0.3) is 0 Å². The van der Waals surface area contributed by atoms with Crippen LogP contribution in [-0.4, -0.2) is 64.6 Å². The molecule has 0 aromatic heterocycles. The third-order valence-electron chi connectivity index (χ3n) is 4.29. The lowest BCUT2D eigenvalue weighted by Gasteiger charge is -2.35. The van der Waals surface area contributed by atoms with E-state index in [1.165, 1.54) is 19.3 Å². The third-order valence-corrected chi connectivity index (χ3v) is 4.29. The summed E-state index contributed by atoms with van der Waals surface area (Å²) in [6, 6.07) is 0.793. The maximum Gasteiger partial charge on any atom is 0.0589 e. The normalized spacial score (nSPS) is 18.4. The van der Waals surface area contributed by atoms with E-state index < -0.39 is 0 Å². The Bertz CT molecular complexity index is 247. The van der Waals surface area contributed by atoms with Crippen LogP contribution in [-0.2, 0) is 9.47 Å². The van der Waals surface area contributed by atoms with Crippen molar-refractivity contribution in [3.8, 4) is 0 Å². The number of hydrogen-bond donors (Lipinski definition) is 1. The van der Waals surface area contributed by atoms with Gasteiger partial charge in [-0.15, -0.1) is 0 Å². The quantitative estimate of drug-likeness (QED) is 0.526. The fraction of sp³-hybridized carbons (Fsp3) is 1.00. The van der Waals surface area contributed by atoms with Gasteiger partial charge in [-0.25, -0.2) is 0 Å². The smallest absolute Gasteiger partial charge is 0.0589 e. The molecule has 1 saturated carbocycles. The topological polar surface area (TPSA) is 33.7 Å². The minimum atomic E-state index is 0.351. The van der Waals surface area contributed by atoms with Crippen molar-refractivity contribution in [3.63, 3.8) is 0 Å². The largest absolute Gasteiger partial charge is 0.385 e. The van der Waals surface area contributed by atoms with Gasteiger partial charge in [-0.2, -0.15) is 0 Å². The van der Waals surface area contributed by atoms with Crippen LogP contribution in [0.5, 0.6) is 0 Å². The summed E-state index contributed by atoms with van der Waals surface area (Å²) in [5.41, 5.74) is 0.351. The van der Waals surface area contributed by atoms with Gasteiger partial charge in [0, 0.05) is 53.0 Å². The molecule has 1 aliphatic carbocycles. The maximum absolute atomic E-state index is 5.25. The van der Waals surface area contributed by atoms with E-state index in [4.69, 9.17) is 9.47 Å². The molecule has 1 fully saturated rings. The lowest BCUT2D eigenvalue weighted by Crippen LogP contribution is -2.44. The molecule has 1 unspecified atom stereocenters. The molecule has 1 N–H and O–H groups in total. The van der Waals surface area contributed by atoms with Crippen molar-refractivity contribution >= 4 is 0 Å². The molecule has 0 amide bonds.